The van der Waals surface area contributed by atoms with Crippen molar-refractivity contribution >= 4 is 65.9 Å². The van der Waals surface area contributed by atoms with Crippen LogP contribution in [0.15, 0.2) is 84.9 Å². The zero-order chi connectivity index (χ0) is 23.9. The van der Waals surface area contributed by atoms with Crippen molar-refractivity contribution in [2.45, 2.75) is 38.9 Å². The Morgan fingerprint density at radius 3 is 1.83 bits per heavy atom. The highest BCUT2D eigenvalue weighted by molar-refractivity contribution is 7.27. The van der Waals surface area contributed by atoms with Gasteiger partial charge in [-0.25, -0.2) is 0 Å². The average Bonchev–Trinajstić information content (AvgIpc) is 3.45. The lowest BCUT2D eigenvalue weighted by Crippen LogP contribution is -2.41. The molecule has 1 fully saturated rings. The van der Waals surface area contributed by atoms with Crippen LogP contribution in [0.5, 0.6) is 0 Å². The predicted molar refractivity (Wildman–Crippen MR) is 149 cm³/mol. The summed E-state index contributed by atoms with van der Waals surface area (Å²) in [5.74, 6) is 0. The highest BCUT2D eigenvalue weighted by Gasteiger charge is 2.52. The fourth-order valence-corrected chi connectivity index (χ4v) is 6.52. The molecule has 0 unspecified atom stereocenters. The van der Waals surface area contributed by atoms with Crippen molar-refractivity contribution < 1.29 is 9.31 Å². The maximum absolute atomic E-state index is 6.58. The highest BCUT2D eigenvalue weighted by Crippen LogP contribution is 2.41. The molecule has 35 heavy (non-hydrogen) atoms. The Morgan fingerprint density at radius 1 is 0.657 bits per heavy atom. The van der Waals surface area contributed by atoms with E-state index in [2.05, 4.69) is 117 Å². The molecule has 0 aliphatic carbocycles. The summed E-state index contributed by atoms with van der Waals surface area (Å²) >= 11 is 1.82. The summed E-state index contributed by atoms with van der Waals surface area (Å²) in [5.41, 5.74) is 3.83. The second kappa shape index (κ2) is 7.20. The van der Waals surface area contributed by atoms with Gasteiger partial charge in [-0.3, -0.25) is 0 Å². The maximum atomic E-state index is 6.58. The van der Waals surface area contributed by atoms with E-state index in [-0.39, 0.29) is 0 Å². The Labute approximate surface area is 209 Å². The molecule has 7 rings (SSSR count). The van der Waals surface area contributed by atoms with Crippen molar-refractivity contribution in [2.24, 2.45) is 0 Å². The predicted octanol–water partition coefficient (Wildman–Crippen LogP) is 7.45. The Kier molecular flexibility index (Phi) is 4.36. The summed E-state index contributed by atoms with van der Waals surface area (Å²) in [5, 5.41) is 5.04. The SMILES string of the molecule is CC1(C)OB(c2cc(-n3c4ccccc4c4ccccc43)cc3c2sc2ccccc23)OC1(C)C. The zero-order valence-electron chi connectivity index (χ0n) is 20.3. The second-order valence-corrected chi connectivity index (χ2v) is 11.5. The van der Waals surface area contributed by atoms with Crippen molar-refractivity contribution in [3.05, 3.63) is 84.9 Å². The van der Waals surface area contributed by atoms with Gasteiger partial charge in [-0.05, 0) is 58.0 Å². The Morgan fingerprint density at radius 2 is 1.20 bits per heavy atom. The number of rotatable bonds is 2. The lowest BCUT2D eigenvalue weighted by molar-refractivity contribution is 0.00578. The van der Waals surface area contributed by atoms with Crippen LogP contribution in [0.4, 0.5) is 0 Å². The highest BCUT2D eigenvalue weighted by atomic mass is 32.1. The van der Waals surface area contributed by atoms with Gasteiger partial charge in [0.05, 0.1) is 22.2 Å². The van der Waals surface area contributed by atoms with E-state index in [1.807, 2.05) is 11.3 Å². The van der Waals surface area contributed by atoms with Gasteiger partial charge in [-0.2, -0.15) is 0 Å². The van der Waals surface area contributed by atoms with E-state index < -0.39 is 18.3 Å². The Bertz CT molecular complexity index is 1710. The quantitative estimate of drug-likeness (QED) is 0.243. The van der Waals surface area contributed by atoms with Crippen molar-refractivity contribution in [1.29, 1.82) is 0 Å². The second-order valence-electron chi connectivity index (χ2n) is 10.5. The minimum atomic E-state index is -0.427. The molecule has 3 nitrogen and oxygen atoms in total. The van der Waals surface area contributed by atoms with Crippen LogP contribution in [0.25, 0.3) is 47.7 Å². The summed E-state index contributed by atoms with van der Waals surface area (Å²) in [6, 6.07) is 30.6. The minimum Gasteiger partial charge on any atom is -0.399 e. The molecule has 172 valence electrons. The van der Waals surface area contributed by atoms with Crippen molar-refractivity contribution in [2.75, 3.05) is 0 Å². The van der Waals surface area contributed by atoms with Crippen LogP contribution in [-0.2, 0) is 9.31 Å². The molecule has 6 aromatic rings. The van der Waals surface area contributed by atoms with Gasteiger partial charge in [0.2, 0.25) is 0 Å². The third-order valence-corrected chi connectivity index (χ3v) is 9.07. The monoisotopic (exact) mass is 475 g/mol. The molecule has 0 amide bonds. The lowest BCUT2D eigenvalue weighted by atomic mass is 9.78. The molecule has 3 heterocycles. The Hall–Kier alpha value is -3.12. The molecule has 0 spiro atoms. The summed E-state index contributed by atoms with van der Waals surface area (Å²) in [6.07, 6.45) is 0. The molecule has 5 heteroatoms. The minimum absolute atomic E-state index is 0.399. The van der Waals surface area contributed by atoms with Crippen LogP contribution in [0.2, 0.25) is 0 Å². The van der Waals surface area contributed by atoms with Crippen molar-refractivity contribution in [3.63, 3.8) is 0 Å². The van der Waals surface area contributed by atoms with E-state index in [1.54, 1.807) is 0 Å². The third kappa shape index (κ3) is 2.99. The first kappa shape index (κ1) is 21.2. The normalized spacial score (nSPS) is 17.3. The van der Waals surface area contributed by atoms with Gasteiger partial charge in [0.15, 0.2) is 0 Å². The van der Waals surface area contributed by atoms with Crippen LogP contribution in [-0.4, -0.2) is 22.9 Å². The molecule has 0 atom stereocenters. The van der Waals surface area contributed by atoms with Gasteiger partial charge in [0.25, 0.3) is 0 Å². The van der Waals surface area contributed by atoms with Gasteiger partial charge in [0, 0.05) is 42.1 Å². The fourth-order valence-electron chi connectivity index (χ4n) is 5.31. The molecule has 4 aromatic carbocycles. The fraction of sp³-hybridized carbons (Fsp3) is 0.200. The van der Waals surface area contributed by atoms with Crippen LogP contribution in [0.3, 0.4) is 0 Å². The van der Waals surface area contributed by atoms with Crippen molar-refractivity contribution in [1.82, 2.24) is 4.57 Å². The standard InChI is InChI=1S/C30H26BNO2S/c1-29(2)30(3,4)34-31(33-29)24-18-19(17-23-22-13-7-10-16-27(22)35-28(23)24)32-25-14-8-5-11-20(25)21-12-6-9-15-26(21)32/h5-18H,1-4H3. The lowest BCUT2D eigenvalue weighted by Gasteiger charge is -2.32. The first-order valence-corrected chi connectivity index (χ1v) is 13.0. The number of para-hydroxylation sites is 2. The molecule has 0 saturated carbocycles. The van der Waals surface area contributed by atoms with E-state index in [0.717, 1.165) is 11.2 Å². The number of nitrogens with zero attached hydrogens (tertiary/aromatic N) is 1. The van der Waals surface area contributed by atoms with Crippen LogP contribution >= 0.6 is 11.3 Å². The van der Waals surface area contributed by atoms with E-state index in [4.69, 9.17) is 9.31 Å². The summed E-state index contributed by atoms with van der Waals surface area (Å²) in [4.78, 5) is 0. The molecular weight excluding hydrogens is 449 g/mol. The number of fused-ring (bicyclic) bond motifs is 6. The van der Waals surface area contributed by atoms with Crippen molar-refractivity contribution in [3.8, 4) is 5.69 Å². The number of benzene rings is 4. The number of aromatic nitrogens is 1. The molecule has 0 bridgehead atoms. The third-order valence-electron chi connectivity index (χ3n) is 7.84. The van der Waals surface area contributed by atoms with E-state index >= 15 is 0 Å². The van der Waals surface area contributed by atoms with E-state index in [9.17, 15) is 0 Å². The number of hydrogen-bond acceptors (Lipinski definition) is 3. The number of hydrogen-bond donors (Lipinski definition) is 0. The van der Waals surface area contributed by atoms with Gasteiger partial charge in [-0.15, -0.1) is 11.3 Å². The summed E-state index contributed by atoms with van der Waals surface area (Å²) < 4.78 is 18.0. The molecule has 1 saturated heterocycles. The molecular formula is C30H26BNO2S. The molecule has 2 aromatic heterocycles. The topological polar surface area (TPSA) is 23.4 Å². The van der Waals surface area contributed by atoms with E-state index in [0.29, 0.717) is 0 Å². The maximum Gasteiger partial charge on any atom is 0.496 e. The summed E-state index contributed by atoms with van der Waals surface area (Å²) in [7, 11) is -0.427. The molecule has 1 aliphatic heterocycles. The van der Waals surface area contributed by atoms with Gasteiger partial charge in [-0.1, -0.05) is 54.6 Å². The smallest absolute Gasteiger partial charge is 0.399 e. The zero-order valence-corrected chi connectivity index (χ0v) is 21.1. The molecule has 0 N–H and O–H groups in total. The molecule has 1 aliphatic rings. The molecule has 0 radical (unpaired) electrons. The number of thiophene rings is 1. The van der Waals surface area contributed by atoms with Crippen LogP contribution in [0, 0.1) is 0 Å². The first-order valence-electron chi connectivity index (χ1n) is 12.1. The average molecular weight is 475 g/mol. The Balaban J connectivity index is 1.58. The van der Waals surface area contributed by atoms with Gasteiger partial charge < -0.3 is 13.9 Å². The van der Waals surface area contributed by atoms with Crippen LogP contribution in [0.1, 0.15) is 27.7 Å². The van der Waals surface area contributed by atoms with Crippen LogP contribution < -0.4 is 5.46 Å². The largest absolute Gasteiger partial charge is 0.496 e. The van der Waals surface area contributed by atoms with Gasteiger partial charge >= 0.3 is 7.12 Å². The first-order chi connectivity index (χ1) is 16.8. The summed E-state index contributed by atoms with van der Waals surface area (Å²) in [6.45, 7) is 8.47. The van der Waals surface area contributed by atoms with E-state index in [1.165, 1.54) is 42.0 Å². The van der Waals surface area contributed by atoms with Gasteiger partial charge in [0.1, 0.15) is 0 Å².